The lowest BCUT2D eigenvalue weighted by atomic mass is 9.96. The summed E-state index contributed by atoms with van der Waals surface area (Å²) in [6, 6.07) is 4.13. The van der Waals surface area contributed by atoms with Crippen molar-refractivity contribution in [2.75, 3.05) is 12.8 Å². The van der Waals surface area contributed by atoms with Crippen LogP contribution in [0.4, 0.5) is 5.82 Å². The van der Waals surface area contributed by atoms with Gasteiger partial charge >= 0.3 is 0 Å². The Bertz CT molecular complexity index is 551. The molecule has 0 aliphatic carbocycles. The van der Waals surface area contributed by atoms with Crippen molar-refractivity contribution in [3.05, 3.63) is 53.0 Å². The number of aromatic nitrogens is 2. The highest BCUT2D eigenvalue weighted by atomic mass is 14.9. The maximum Gasteiger partial charge on any atom is 0.128 e. The molecule has 0 bridgehead atoms. The average molecular weight is 242 g/mol. The minimum absolute atomic E-state index is 0.0420. The molecule has 1 atom stereocenters. The number of rotatable bonds is 3. The number of aryl methyl sites for hydroxylation is 2. The van der Waals surface area contributed by atoms with E-state index in [0.717, 1.165) is 16.7 Å². The van der Waals surface area contributed by atoms with Gasteiger partial charge in [0.1, 0.15) is 5.82 Å². The first-order chi connectivity index (χ1) is 8.63. The van der Waals surface area contributed by atoms with Crippen molar-refractivity contribution < 1.29 is 0 Å². The third kappa shape index (κ3) is 2.33. The number of hydrogen-bond donors (Lipinski definition) is 2. The molecule has 0 amide bonds. The number of hydrogen-bond acceptors (Lipinski definition) is 4. The number of nitrogens with one attached hydrogen (secondary N) is 1. The quantitative estimate of drug-likeness (QED) is 0.864. The molecule has 4 heteroatoms. The van der Waals surface area contributed by atoms with Gasteiger partial charge in [-0.2, -0.15) is 0 Å². The van der Waals surface area contributed by atoms with Gasteiger partial charge in [-0.15, -0.1) is 0 Å². The fourth-order valence-corrected chi connectivity index (χ4v) is 2.12. The lowest BCUT2D eigenvalue weighted by Crippen LogP contribution is -2.20. The van der Waals surface area contributed by atoms with Crippen molar-refractivity contribution >= 4 is 5.82 Å². The molecule has 0 saturated heterocycles. The fraction of sp³-hybridized carbons (Fsp3) is 0.286. The summed E-state index contributed by atoms with van der Waals surface area (Å²) >= 11 is 0. The van der Waals surface area contributed by atoms with E-state index in [4.69, 9.17) is 5.73 Å². The van der Waals surface area contributed by atoms with Crippen LogP contribution in [0.2, 0.25) is 0 Å². The predicted molar refractivity (Wildman–Crippen MR) is 73.3 cm³/mol. The van der Waals surface area contributed by atoms with Gasteiger partial charge in [-0.3, -0.25) is 4.98 Å². The third-order valence-electron chi connectivity index (χ3n) is 3.06. The van der Waals surface area contributed by atoms with Crippen molar-refractivity contribution in [1.82, 2.24) is 15.3 Å². The number of nitrogen functional groups attached to an aromatic ring is 1. The zero-order valence-corrected chi connectivity index (χ0v) is 10.9. The summed E-state index contributed by atoms with van der Waals surface area (Å²) in [4.78, 5) is 8.35. The summed E-state index contributed by atoms with van der Waals surface area (Å²) in [6.07, 6.45) is 5.44. The Balaban J connectivity index is 2.52. The molecule has 1 unspecified atom stereocenters. The van der Waals surface area contributed by atoms with Crippen LogP contribution in [-0.2, 0) is 0 Å². The summed E-state index contributed by atoms with van der Waals surface area (Å²) in [5.74, 6) is 0.566. The molecule has 0 aliphatic heterocycles. The van der Waals surface area contributed by atoms with E-state index in [1.807, 2.05) is 33.2 Å². The van der Waals surface area contributed by atoms with Gasteiger partial charge in [-0.25, -0.2) is 4.98 Å². The molecular formula is C14H18N4. The van der Waals surface area contributed by atoms with Gasteiger partial charge in [0.05, 0.1) is 6.04 Å². The second-order valence-electron chi connectivity index (χ2n) is 4.44. The highest BCUT2D eigenvalue weighted by molar-refractivity contribution is 5.48. The number of nitrogens with zero attached hydrogens (tertiary/aromatic N) is 2. The molecule has 2 heterocycles. The van der Waals surface area contributed by atoms with Crippen molar-refractivity contribution in [2.45, 2.75) is 19.9 Å². The second kappa shape index (κ2) is 5.14. The van der Waals surface area contributed by atoms with Crippen molar-refractivity contribution in [3.8, 4) is 0 Å². The average Bonchev–Trinajstić information content (AvgIpc) is 2.36. The highest BCUT2D eigenvalue weighted by Gasteiger charge is 2.17. The number of pyridine rings is 2. The molecule has 2 aromatic rings. The van der Waals surface area contributed by atoms with Crippen LogP contribution < -0.4 is 11.1 Å². The molecule has 2 aromatic heterocycles. The molecule has 3 N–H and O–H groups in total. The lowest BCUT2D eigenvalue weighted by molar-refractivity contribution is 0.685. The summed E-state index contributed by atoms with van der Waals surface area (Å²) in [5.41, 5.74) is 10.4. The maximum absolute atomic E-state index is 5.99. The van der Waals surface area contributed by atoms with Crippen molar-refractivity contribution in [1.29, 1.82) is 0 Å². The molecule has 0 fully saturated rings. The molecule has 0 aromatic carbocycles. The Kier molecular flexibility index (Phi) is 3.58. The van der Waals surface area contributed by atoms with Gasteiger partial charge in [0.25, 0.3) is 0 Å². The number of anilines is 1. The first-order valence-electron chi connectivity index (χ1n) is 5.93. The van der Waals surface area contributed by atoms with Crippen LogP contribution in [-0.4, -0.2) is 17.0 Å². The first kappa shape index (κ1) is 12.5. The van der Waals surface area contributed by atoms with Crippen LogP contribution in [0.3, 0.4) is 0 Å². The predicted octanol–water partition coefficient (Wildman–Crippen LogP) is 1.98. The molecule has 0 aliphatic rings. The van der Waals surface area contributed by atoms with E-state index >= 15 is 0 Å². The Morgan fingerprint density at radius 1 is 1.22 bits per heavy atom. The van der Waals surface area contributed by atoms with Gasteiger partial charge < -0.3 is 11.1 Å². The van der Waals surface area contributed by atoms with Gasteiger partial charge in [-0.1, -0.05) is 0 Å². The number of nitrogens with two attached hydrogens (primary N) is 1. The van der Waals surface area contributed by atoms with Crippen LogP contribution in [0.15, 0.2) is 30.7 Å². The standard InChI is InChI=1S/C14H18N4/c1-9-6-12(14(15)18-7-9)13(16-3)11-4-5-17-8-10(11)2/h4-8,13,16H,1-3H3,(H2,15,18). The Labute approximate surface area is 107 Å². The van der Waals surface area contributed by atoms with E-state index in [-0.39, 0.29) is 6.04 Å². The smallest absolute Gasteiger partial charge is 0.128 e. The zero-order chi connectivity index (χ0) is 13.1. The minimum atomic E-state index is 0.0420. The molecule has 94 valence electrons. The minimum Gasteiger partial charge on any atom is -0.383 e. The largest absolute Gasteiger partial charge is 0.383 e. The Morgan fingerprint density at radius 2 is 2.00 bits per heavy atom. The van der Waals surface area contributed by atoms with Gasteiger partial charge in [-0.05, 0) is 49.7 Å². The summed E-state index contributed by atoms with van der Waals surface area (Å²) in [5, 5.41) is 3.30. The van der Waals surface area contributed by atoms with E-state index in [1.165, 1.54) is 5.56 Å². The summed E-state index contributed by atoms with van der Waals surface area (Å²) in [7, 11) is 1.92. The molecule has 0 radical (unpaired) electrons. The zero-order valence-electron chi connectivity index (χ0n) is 10.9. The SMILES string of the molecule is CNC(c1ccncc1C)c1cc(C)cnc1N. The normalized spacial score (nSPS) is 12.4. The van der Waals surface area contributed by atoms with Crippen LogP contribution in [0.25, 0.3) is 0 Å². The van der Waals surface area contributed by atoms with Gasteiger partial charge in [0, 0.05) is 24.2 Å². The maximum atomic E-state index is 5.99. The Hall–Kier alpha value is -1.94. The molecule has 0 saturated carbocycles. The molecule has 18 heavy (non-hydrogen) atoms. The van der Waals surface area contributed by atoms with Crippen LogP contribution in [0, 0.1) is 13.8 Å². The molecular weight excluding hydrogens is 224 g/mol. The van der Waals surface area contributed by atoms with E-state index in [0.29, 0.717) is 5.82 Å². The summed E-state index contributed by atoms with van der Waals surface area (Å²) in [6.45, 7) is 4.06. The van der Waals surface area contributed by atoms with E-state index in [2.05, 4.69) is 21.4 Å². The molecule has 0 spiro atoms. The van der Waals surface area contributed by atoms with Gasteiger partial charge in [0.15, 0.2) is 0 Å². The molecule has 4 nitrogen and oxygen atoms in total. The Morgan fingerprint density at radius 3 is 2.67 bits per heavy atom. The third-order valence-corrected chi connectivity index (χ3v) is 3.06. The first-order valence-corrected chi connectivity index (χ1v) is 5.93. The molecule has 2 rings (SSSR count). The van der Waals surface area contributed by atoms with E-state index in [9.17, 15) is 0 Å². The van der Waals surface area contributed by atoms with E-state index in [1.54, 1.807) is 12.4 Å². The second-order valence-corrected chi connectivity index (χ2v) is 4.44. The van der Waals surface area contributed by atoms with Crippen LogP contribution >= 0.6 is 0 Å². The van der Waals surface area contributed by atoms with E-state index < -0.39 is 0 Å². The lowest BCUT2D eigenvalue weighted by Gasteiger charge is -2.20. The highest BCUT2D eigenvalue weighted by Crippen LogP contribution is 2.27. The topological polar surface area (TPSA) is 63.8 Å². The van der Waals surface area contributed by atoms with Crippen molar-refractivity contribution in [3.63, 3.8) is 0 Å². The van der Waals surface area contributed by atoms with Crippen molar-refractivity contribution in [2.24, 2.45) is 0 Å². The van der Waals surface area contributed by atoms with Gasteiger partial charge in [0.2, 0.25) is 0 Å². The monoisotopic (exact) mass is 242 g/mol. The van der Waals surface area contributed by atoms with Crippen LogP contribution in [0.1, 0.15) is 28.3 Å². The van der Waals surface area contributed by atoms with Crippen LogP contribution in [0.5, 0.6) is 0 Å². The summed E-state index contributed by atoms with van der Waals surface area (Å²) < 4.78 is 0. The fourth-order valence-electron chi connectivity index (χ4n) is 2.12.